The maximum Gasteiger partial charge on any atom is 0.289 e. The van der Waals surface area contributed by atoms with Gasteiger partial charge in [-0.2, -0.15) is 0 Å². The Balaban J connectivity index is 0.00000243. The van der Waals surface area contributed by atoms with Gasteiger partial charge >= 0.3 is 0 Å². The van der Waals surface area contributed by atoms with Crippen molar-refractivity contribution in [2.24, 2.45) is 4.99 Å². The lowest BCUT2D eigenvalue weighted by Crippen LogP contribution is -2.53. The van der Waals surface area contributed by atoms with E-state index in [0.717, 1.165) is 51.6 Å². The summed E-state index contributed by atoms with van der Waals surface area (Å²) in [4.78, 5) is 21.2. The summed E-state index contributed by atoms with van der Waals surface area (Å²) >= 11 is 0. The van der Waals surface area contributed by atoms with Crippen LogP contribution in [0.4, 0.5) is 0 Å². The van der Waals surface area contributed by atoms with E-state index in [1.807, 2.05) is 4.90 Å². The van der Waals surface area contributed by atoms with Crippen molar-refractivity contribution in [2.45, 2.75) is 32.3 Å². The van der Waals surface area contributed by atoms with E-state index in [0.29, 0.717) is 25.0 Å². The van der Waals surface area contributed by atoms with Gasteiger partial charge in [0.2, 0.25) is 0 Å². The number of piperazine rings is 1. The van der Waals surface area contributed by atoms with Gasteiger partial charge in [0.15, 0.2) is 11.7 Å². The van der Waals surface area contributed by atoms with Crippen molar-refractivity contribution in [1.29, 1.82) is 0 Å². The molecule has 1 aromatic rings. The highest BCUT2D eigenvalue weighted by Gasteiger charge is 2.25. The Morgan fingerprint density at radius 3 is 2.69 bits per heavy atom. The number of guanidine groups is 1. The number of hydrogen-bond acceptors (Lipinski definition) is 4. The van der Waals surface area contributed by atoms with Crippen molar-refractivity contribution in [1.82, 2.24) is 15.1 Å². The molecule has 0 aromatic carbocycles. The second kappa shape index (κ2) is 10.8. The summed E-state index contributed by atoms with van der Waals surface area (Å²) in [5.41, 5.74) is 0. The topological polar surface area (TPSA) is 70.3 Å². The lowest BCUT2D eigenvalue weighted by molar-refractivity contribution is 0.0657. The molecule has 7 nitrogen and oxygen atoms in total. The lowest BCUT2D eigenvalue weighted by atomic mass is 10.2. The largest absolute Gasteiger partial charge is 0.459 e. The maximum atomic E-state index is 12.3. The molecule has 3 heterocycles. The normalized spacial score (nSPS) is 20.8. The third-order valence-electron chi connectivity index (χ3n) is 4.67. The third kappa shape index (κ3) is 5.60. The monoisotopic (exact) mass is 476 g/mol. The van der Waals surface area contributed by atoms with Gasteiger partial charge in [-0.3, -0.25) is 9.79 Å². The van der Waals surface area contributed by atoms with Gasteiger partial charge in [-0.05, 0) is 38.3 Å². The van der Waals surface area contributed by atoms with Gasteiger partial charge in [-0.15, -0.1) is 24.0 Å². The van der Waals surface area contributed by atoms with E-state index in [1.165, 1.54) is 12.7 Å². The van der Waals surface area contributed by atoms with Gasteiger partial charge < -0.3 is 24.3 Å². The molecule has 1 unspecified atom stereocenters. The fourth-order valence-electron chi connectivity index (χ4n) is 3.29. The zero-order valence-electron chi connectivity index (χ0n) is 15.4. The summed E-state index contributed by atoms with van der Waals surface area (Å²) in [6, 6.07) is 3.46. The number of halogens is 1. The molecule has 1 atom stereocenters. The molecule has 0 aliphatic carbocycles. The lowest BCUT2D eigenvalue weighted by Gasteiger charge is -2.36. The number of ether oxygens (including phenoxy) is 1. The quantitative estimate of drug-likeness (QED) is 0.401. The van der Waals surface area contributed by atoms with E-state index >= 15 is 0 Å². The summed E-state index contributed by atoms with van der Waals surface area (Å²) in [7, 11) is 0. The first-order valence-corrected chi connectivity index (χ1v) is 9.25. The van der Waals surface area contributed by atoms with Crippen LogP contribution in [-0.2, 0) is 4.74 Å². The second-order valence-corrected chi connectivity index (χ2v) is 6.42. The molecule has 0 bridgehead atoms. The first-order chi connectivity index (χ1) is 12.3. The first kappa shape index (κ1) is 21.0. The van der Waals surface area contributed by atoms with Crippen molar-refractivity contribution in [3.05, 3.63) is 24.2 Å². The highest BCUT2D eigenvalue weighted by molar-refractivity contribution is 14.0. The predicted octanol–water partition coefficient (Wildman–Crippen LogP) is 2.19. The van der Waals surface area contributed by atoms with Crippen molar-refractivity contribution in [3.63, 3.8) is 0 Å². The highest BCUT2D eigenvalue weighted by atomic mass is 127. The predicted molar refractivity (Wildman–Crippen MR) is 111 cm³/mol. The molecule has 146 valence electrons. The molecule has 8 heteroatoms. The van der Waals surface area contributed by atoms with Crippen molar-refractivity contribution in [3.8, 4) is 0 Å². The van der Waals surface area contributed by atoms with E-state index in [9.17, 15) is 4.79 Å². The van der Waals surface area contributed by atoms with Crippen LogP contribution >= 0.6 is 24.0 Å². The minimum absolute atomic E-state index is 0. The van der Waals surface area contributed by atoms with Crippen LogP contribution < -0.4 is 5.32 Å². The van der Waals surface area contributed by atoms with E-state index in [2.05, 4.69) is 17.1 Å². The molecular formula is C18H29IN4O3. The molecule has 0 spiro atoms. The van der Waals surface area contributed by atoms with Gasteiger partial charge in [-0.1, -0.05) is 0 Å². The Bertz CT molecular complexity index is 565. The number of carbonyl (C=O) groups is 1. The number of nitrogens with zero attached hydrogens (tertiary/aromatic N) is 3. The van der Waals surface area contributed by atoms with Crippen LogP contribution in [0, 0.1) is 0 Å². The summed E-state index contributed by atoms with van der Waals surface area (Å²) in [6.45, 7) is 7.48. The van der Waals surface area contributed by atoms with Crippen LogP contribution in [0.2, 0.25) is 0 Å². The molecule has 2 aliphatic heterocycles. The number of rotatable bonds is 5. The first-order valence-electron chi connectivity index (χ1n) is 9.25. The average Bonchev–Trinajstić information content (AvgIpc) is 3.34. The zero-order valence-corrected chi connectivity index (χ0v) is 17.7. The molecule has 2 aliphatic rings. The molecule has 2 fully saturated rings. The molecule has 3 rings (SSSR count). The smallest absolute Gasteiger partial charge is 0.289 e. The molecule has 0 saturated carbocycles. The molecular weight excluding hydrogens is 447 g/mol. The van der Waals surface area contributed by atoms with Crippen LogP contribution in [-0.4, -0.2) is 73.6 Å². The zero-order chi connectivity index (χ0) is 17.5. The molecule has 1 aromatic heterocycles. The standard InChI is InChI=1S/C18H28N4O3.HI/c1-2-19-18(20-8-7-15-5-3-13-24-15)22-11-9-21(10-12-22)17(23)16-6-4-14-25-16;/h4,6,14-15H,2-3,5,7-13H2,1H3,(H,19,20);1H. The van der Waals surface area contributed by atoms with E-state index in [1.54, 1.807) is 12.1 Å². The minimum Gasteiger partial charge on any atom is -0.459 e. The summed E-state index contributed by atoms with van der Waals surface area (Å²) < 4.78 is 10.9. The Labute approximate surface area is 172 Å². The Morgan fingerprint density at radius 2 is 2.08 bits per heavy atom. The van der Waals surface area contributed by atoms with Crippen LogP contribution in [0.15, 0.2) is 27.8 Å². The highest BCUT2D eigenvalue weighted by Crippen LogP contribution is 2.15. The minimum atomic E-state index is -0.0371. The maximum absolute atomic E-state index is 12.3. The summed E-state index contributed by atoms with van der Waals surface area (Å²) in [5, 5.41) is 3.36. The van der Waals surface area contributed by atoms with Gasteiger partial charge in [0.25, 0.3) is 5.91 Å². The van der Waals surface area contributed by atoms with E-state index in [-0.39, 0.29) is 29.9 Å². The number of carbonyl (C=O) groups excluding carboxylic acids is 1. The van der Waals surface area contributed by atoms with Crippen LogP contribution in [0.25, 0.3) is 0 Å². The van der Waals surface area contributed by atoms with E-state index in [4.69, 9.17) is 14.1 Å². The molecule has 0 radical (unpaired) electrons. The molecule has 1 N–H and O–H groups in total. The molecule has 2 saturated heterocycles. The van der Waals surface area contributed by atoms with Gasteiger partial charge in [0, 0.05) is 45.9 Å². The number of nitrogens with one attached hydrogen (secondary N) is 1. The molecule has 26 heavy (non-hydrogen) atoms. The van der Waals surface area contributed by atoms with E-state index < -0.39 is 0 Å². The molecule has 1 amide bonds. The Hall–Kier alpha value is -1.29. The third-order valence-corrected chi connectivity index (χ3v) is 4.67. The SMILES string of the molecule is CCNC(=NCCC1CCCO1)N1CCN(C(=O)c2ccco2)CC1.I. The number of furan rings is 1. The van der Waals surface area contributed by atoms with Crippen molar-refractivity contribution < 1.29 is 13.9 Å². The van der Waals surface area contributed by atoms with Crippen LogP contribution in [0.5, 0.6) is 0 Å². The second-order valence-electron chi connectivity index (χ2n) is 6.42. The average molecular weight is 476 g/mol. The summed E-state index contributed by atoms with van der Waals surface area (Å²) in [6.07, 6.45) is 5.20. The summed E-state index contributed by atoms with van der Waals surface area (Å²) in [5.74, 6) is 1.31. The fraction of sp³-hybridized carbons (Fsp3) is 0.667. The Kier molecular flexibility index (Phi) is 8.70. The van der Waals surface area contributed by atoms with Gasteiger partial charge in [0.05, 0.1) is 12.4 Å². The van der Waals surface area contributed by atoms with Crippen LogP contribution in [0.1, 0.15) is 36.7 Å². The van der Waals surface area contributed by atoms with Crippen molar-refractivity contribution >= 4 is 35.8 Å². The van der Waals surface area contributed by atoms with Gasteiger partial charge in [0.1, 0.15) is 0 Å². The number of aliphatic imine (C=N–C) groups is 1. The Morgan fingerprint density at radius 1 is 1.31 bits per heavy atom. The van der Waals surface area contributed by atoms with Crippen molar-refractivity contribution in [2.75, 3.05) is 45.9 Å². The van der Waals surface area contributed by atoms with Gasteiger partial charge in [-0.25, -0.2) is 0 Å². The number of amides is 1. The number of hydrogen-bond donors (Lipinski definition) is 1. The van der Waals surface area contributed by atoms with Crippen LogP contribution in [0.3, 0.4) is 0 Å². The fourth-order valence-corrected chi connectivity index (χ4v) is 3.29.